The molecule has 0 bridgehead atoms. The summed E-state index contributed by atoms with van der Waals surface area (Å²) in [5.74, 6) is 0.205. The van der Waals surface area contributed by atoms with E-state index in [2.05, 4.69) is 16.9 Å². The zero-order valence-corrected chi connectivity index (χ0v) is 18.5. The number of aryl methyl sites for hydroxylation is 3. The average Bonchev–Trinajstić information content (AvgIpc) is 2.83. The molecule has 0 aliphatic heterocycles. The smallest absolute Gasteiger partial charge is 0.159 e. The number of rotatable bonds is 9. The lowest BCUT2D eigenvalue weighted by atomic mass is 9.99. The van der Waals surface area contributed by atoms with Crippen LogP contribution in [0.5, 0.6) is 0 Å². The zero-order chi connectivity index (χ0) is 22.3. The summed E-state index contributed by atoms with van der Waals surface area (Å²) in [6, 6.07) is 15.8. The van der Waals surface area contributed by atoms with E-state index in [0.717, 1.165) is 34.9 Å². The van der Waals surface area contributed by atoms with Gasteiger partial charge in [-0.05, 0) is 66.0 Å². The first-order chi connectivity index (χ1) is 15.6. The van der Waals surface area contributed by atoms with Crippen LogP contribution in [0.4, 0.5) is 8.78 Å². The third-order valence-corrected chi connectivity index (χ3v) is 5.91. The summed E-state index contributed by atoms with van der Waals surface area (Å²) in [7, 11) is 0. The Balaban J connectivity index is 1.47. The van der Waals surface area contributed by atoms with Crippen LogP contribution in [-0.2, 0) is 19.3 Å². The lowest BCUT2D eigenvalue weighted by molar-refractivity contribution is 0.619. The Morgan fingerprint density at radius 1 is 0.719 bits per heavy atom. The van der Waals surface area contributed by atoms with Gasteiger partial charge in [-0.3, -0.25) is 0 Å². The van der Waals surface area contributed by atoms with E-state index in [1.807, 2.05) is 42.7 Å². The highest BCUT2D eigenvalue weighted by atomic mass is 19.1. The Kier molecular flexibility index (Phi) is 7.21. The second-order valence-electron chi connectivity index (χ2n) is 8.33. The SMILES string of the molecule is CCCCCCc1cnc(-c2ccc3c(F)c(CCc4ccc(F)cc4)ccc3c2)nc1. The van der Waals surface area contributed by atoms with Crippen molar-refractivity contribution in [2.75, 3.05) is 0 Å². The lowest BCUT2D eigenvalue weighted by Crippen LogP contribution is -1.97. The molecule has 4 heteroatoms. The average molecular weight is 431 g/mol. The predicted octanol–water partition coefficient (Wildman–Crippen LogP) is 7.48. The van der Waals surface area contributed by atoms with E-state index < -0.39 is 0 Å². The molecule has 1 heterocycles. The summed E-state index contributed by atoms with van der Waals surface area (Å²) in [6.45, 7) is 2.21. The fourth-order valence-corrected chi connectivity index (χ4v) is 3.99. The molecule has 0 unspecified atom stereocenters. The molecule has 0 radical (unpaired) electrons. The molecule has 4 rings (SSSR count). The van der Waals surface area contributed by atoms with Gasteiger partial charge in [0.2, 0.25) is 0 Å². The third-order valence-electron chi connectivity index (χ3n) is 5.91. The molecule has 0 amide bonds. The number of fused-ring (bicyclic) bond motifs is 1. The Hall–Kier alpha value is -3.14. The highest BCUT2D eigenvalue weighted by Gasteiger charge is 2.10. The summed E-state index contributed by atoms with van der Waals surface area (Å²) in [4.78, 5) is 9.06. The molecule has 0 spiro atoms. The Morgan fingerprint density at radius 3 is 2.25 bits per heavy atom. The largest absolute Gasteiger partial charge is 0.236 e. The van der Waals surface area contributed by atoms with E-state index in [1.165, 1.54) is 31.4 Å². The predicted molar refractivity (Wildman–Crippen MR) is 127 cm³/mol. The molecule has 0 aliphatic rings. The van der Waals surface area contributed by atoms with Gasteiger partial charge in [-0.15, -0.1) is 0 Å². The molecule has 3 aromatic carbocycles. The minimum Gasteiger partial charge on any atom is -0.236 e. The van der Waals surface area contributed by atoms with E-state index in [-0.39, 0.29) is 11.6 Å². The number of aromatic nitrogens is 2. The Labute approximate surface area is 188 Å². The van der Waals surface area contributed by atoms with Crippen molar-refractivity contribution in [1.29, 1.82) is 0 Å². The molecule has 0 aliphatic carbocycles. The molecule has 164 valence electrons. The van der Waals surface area contributed by atoms with Gasteiger partial charge in [0.15, 0.2) is 5.82 Å². The molecule has 32 heavy (non-hydrogen) atoms. The van der Waals surface area contributed by atoms with Gasteiger partial charge in [0, 0.05) is 23.3 Å². The number of halogens is 2. The maximum Gasteiger partial charge on any atom is 0.159 e. The van der Waals surface area contributed by atoms with Crippen molar-refractivity contribution in [3.8, 4) is 11.4 Å². The summed E-state index contributed by atoms with van der Waals surface area (Å²) in [5, 5.41) is 1.43. The zero-order valence-electron chi connectivity index (χ0n) is 18.5. The van der Waals surface area contributed by atoms with Gasteiger partial charge in [-0.25, -0.2) is 18.7 Å². The van der Waals surface area contributed by atoms with E-state index >= 15 is 4.39 Å². The fraction of sp³-hybridized carbons (Fsp3) is 0.286. The molecule has 0 N–H and O–H groups in total. The van der Waals surface area contributed by atoms with Crippen molar-refractivity contribution in [3.05, 3.63) is 95.3 Å². The number of hydrogen-bond donors (Lipinski definition) is 0. The topological polar surface area (TPSA) is 25.8 Å². The van der Waals surface area contributed by atoms with Crippen LogP contribution in [0.1, 0.15) is 49.3 Å². The first-order valence-electron chi connectivity index (χ1n) is 11.4. The first-order valence-corrected chi connectivity index (χ1v) is 11.4. The Morgan fingerprint density at radius 2 is 1.50 bits per heavy atom. The van der Waals surface area contributed by atoms with Crippen molar-refractivity contribution >= 4 is 10.8 Å². The summed E-state index contributed by atoms with van der Waals surface area (Å²) in [6.07, 6.45) is 10.9. The van der Waals surface area contributed by atoms with Gasteiger partial charge >= 0.3 is 0 Å². The third kappa shape index (κ3) is 5.37. The van der Waals surface area contributed by atoms with Crippen LogP contribution in [0.2, 0.25) is 0 Å². The molecular weight excluding hydrogens is 402 g/mol. The van der Waals surface area contributed by atoms with Crippen LogP contribution in [0.25, 0.3) is 22.2 Å². The molecule has 1 aromatic heterocycles. The lowest BCUT2D eigenvalue weighted by Gasteiger charge is -2.09. The molecule has 2 nitrogen and oxygen atoms in total. The first kappa shape index (κ1) is 22.1. The van der Waals surface area contributed by atoms with Crippen LogP contribution in [0.15, 0.2) is 67.0 Å². The van der Waals surface area contributed by atoms with Gasteiger partial charge in [-0.2, -0.15) is 0 Å². The van der Waals surface area contributed by atoms with Crippen molar-refractivity contribution in [1.82, 2.24) is 9.97 Å². The monoisotopic (exact) mass is 430 g/mol. The van der Waals surface area contributed by atoms with Crippen molar-refractivity contribution in [3.63, 3.8) is 0 Å². The van der Waals surface area contributed by atoms with Crippen molar-refractivity contribution in [2.45, 2.75) is 51.9 Å². The number of unbranched alkanes of at least 4 members (excludes halogenated alkanes) is 3. The second-order valence-corrected chi connectivity index (χ2v) is 8.33. The fourth-order valence-electron chi connectivity index (χ4n) is 3.99. The Bertz CT molecular complexity index is 1170. The van der Waals surface area contributed by atoms with E-state index in [1.54, 1.807) is 12.1 Å². The van der Waals surface area contributed by atoms with Gasteiger partial charge in [0.25, 0.3) is 0 Å². The van der Waals surface area contributed by atoms with Gasteiger partial charge < -0.3 is 0 Å². The quantitative estimate of drug-likeness (QED) is 0.257. The molecule has 0 fully saturated rings. The number of nitrogens with zero attached hydrogens (tertiary/aromatic N) is 2. The highest BCUT2D eigenvalue weighted by molar-refractivity contribution is 5.87. The maximum absolute atomic E-state index is 15.1. The second kappa shape index (κ2) is 10.4. The minimum absolute atomic E-state index is 0.195. The van der Waals surface area contributed by atoms with Gasteiger partial charge in [-0.1, -0.05) is 62.6 Å². The summed E-state index contributed by atoms with van der Waals surface area (Å²) < 4.78 is 28.2. The van der Waals surface area contributed by atoms with Crippen molar-refractivity contribution in [2.24, 2.45) is 0 Å². The van der Waals surface area contributed by atoms with Crippen molar-refractivity contribution < 1.29 is 8.78 Å². The minimum atomic E-state index is -0.257. The number of benzene rings is 3. The summed E-state index contributed by atoms with van der Waals surface area (Å²) >= 11 is 0. The number of hydrogen-bond acceptors (Lipinski definition) is 2. The van der Waals surface area contributed by atoms with Crippen LogP contribution >= 0.6 is 0 Å². The normalized spacial score (nSPS) is 11.2. The molecule has 4 aromatic rings. The van der Waals surface area contributed by atoms with Crippen LogP contribution in [0.3, 0.4) is 0 Å². The van der Waals surface area contributed by atoms with E-state index in [0.29, 0.717) is 29.6 Å². The van der Waals surface area contributed by atoms with E-state index in [9.17, 15) is 4.39 Å². The molecular formula is C28H28F2N2. The molecule has 0 atom stereocenters. The van der Waals surface area contributed by atoms with Crippen LogP contribution < -0.4 is 0 Å². The van der Waals surface area contributed by atoms with Gasteiger partial charge in [0.1, 0.15) is 11.6 Å². The van der Waals surface area contributed by atoms with Gasteiger partial charge in [0.05, 0.1) is 0 Å². The van der Waals surface area contributed by atoms with Crippen LogP contribution in [0, 0.1) is 11.6 Å². The standard InChI is InChI=1S/C28H28F2N2/c1-2-3-4-5-6-21-18-31-28(32-19-21)24-13-16-26-23(17-24)12-11-22(27(26)30)10-7-20-8-14-25(29)15-9-20/h8-9,11-19H,2-7,10H2,1H3. The summed E-state index contributed by atoms with van der Waals surface area (Å²) in [5.41, 5.74) is 3.70. The van der Waals surface area contributed by atoms with E-state index in [4.69, 9.17) is 0 Å². The maximum atomic E-state index is 15.1. The molecule has 0 saturated carbocycles. The van der Waals surface area contributed by atoms with Crippen LogP contribution in [-0.4, -0.2) is 9.97 Å². The highest BCUT2D eigenvalue weighted by Crippen LogP contribution is 2.27. The molecule has 0 saturated heterocycles.